The second-order valence-corrected chi connectivity index (χ2v) is 5.79. The molecule has 3 rings (SSSR count). The lowest BCUT2D eigenvalue weighted by atomic mass is 10.1. The minimum absolute atomic E-state index is 0.341. The summed E-state index contributed by atoms with van der Waals surface area (Å²) < 4.78 is 10.9. The summed E-state index contributed by atoms with van der Waals surface area (Å²) >= 11 is 0. The molecule has 0 saturated heterocycles. The summed E-state index contributed by atoms with van der Waals surface area (Å²) in [4.78, 5) is 2.47. The molecular formula is C16H24N2O2. The van der Waals surface area contributed by atoms with Gasteiger partial charge in [-0.15, -0.1) is 0 Å². The molecule has 1 saturated carbocycles. The molecule has 0 bridgehead atoms. The lowest BCUT2D eigenvalue weighted by molar-refractivity contribution is 0.174. The number of hydrogen-bond donors (Lipinski definition) is 1. The fourth-order valence-corrected chi connectivity index (χ4v) is 2.69. The Morgan fingerprint density at radius 2 is 2.10 bits per heavy atom. The Hall–Kier alpha value is -1.26. The third-order valence-electron chi connectivity index (χ3n) is 4.08. The van der Waals surface area contributed by atoms with Crippen LogP contribution in [0.4, 0.5) is 0 Å². The normalized spacial score (nSPS) is 18.6. The summed E-state index contributed by atoms with van der Waals surface area (Å²) in [7, 11) is 2.23. The Kier molecular flexibility index (Phi) is 4.13. The van der Waals surface area contributed by atoms with Gasteiger partial charge in [0.1, 0.15) is 0 Å². The Balaban J connectivity index is 1.72. The van der Waals surface area contributed by atoms with E-state index in [9.17, 15) is 0 Å². The molecular weight excluding hydrogens is 252 g/mol. The summed E-state index contributed by atoms with van der Waals surface area (Å²) in [6.45, 7) is 4.63. The van der Waals surface area contributed by atoms with Crippen LogP contribution in [0.1, 0.15) is 37.8 Å². The molecule has 0 aromatic heterocycles. The van der Waals surface area contributed by atoms with Gasteiger partial charge >= 0.3 is 0 Å². The zero-order valence-corrected chi connectivity index (χ0v) is 12.4. The molecule has 4 nitrogen and oxygen atoms in total. The first-order valence-electron chi connectivity index (χ1n) is 7.61. The largest absolute Gasteiger partial charge is 0.454 e. The van der Waals surface area contributed by atoms with E-state index < -0.39 is 0 Å². The SMILES string of the molecule is CCCNC(CN(C)C1CC1)c1ccc2c(c1)OCO2. The highest BCUT2D eigenvalue weighted by Gasteiger charge is 2.28. The molecule has 1 heterocycles. The maximum absolute atomic E-state index is 5.49. The van der Waals surface area contributed by atoms with Crippen molar-refractivity contribution in [3.63, 3.8) is 0 Å². The van der Waals surface area contributed by atoms with Gasteiger partial charge in [0.25, 0.3) is 0 Å². The maximum Gasteiger partial charge on any atom is 0.231 e. The third-order valence-corrected chi connectivity index (χ3v) is 4.08. The molecule has 1 aromatic carbocycles. The third kappa shape index (κ3) is 3.07. The molecule has 1 unspecified atom stereocenters. The van der Waals surface area contributed by atoms with E-state index in [0.29, 0.717) is 12.8 Å². The first-order valence-corrected chi connectivity index (χ1v) is 7.61. The molecule has 0 radical (unpaired) electrons. The van der Waals surface area contributed by atoms with Crippen molar-refractivity contribution < 1.29 is 9.47 Å². The van der Waals surface area contributed by atoms with Crippen LogP contribution in [0.25, 0.3) is 0 Å². The van der Waals surface area contributed by atoms with Crippen LogP contribution < -0.4 is 14.8 Å². The van der Waals surface area contributed by atoms with Gasteiger partial charge in [-0.25, -0.2) is 0 Å². The first kappa shape index (κ1) is 13.7. The smallest absolute Gasteiger partial charge is 0.231 e. The van der Waals surface area contributed by atoms with Crippen LogP contribution >= 0.6 is 0 Å². The van der Waals surface area contributed by atoms with Crippen molar-refractivity contribution in [3.05, 3.63) is 23.8 Å². The van der Waals surface area contributed by atoms with Crippen molar-refractivity contribution in [1.82, 2.24) is 10.2 Å². The van der Waals surface area contributed by atoms with Crippen LogP contribution in [-0.2, 0) is 0 Å². The van der Waals surface area contributed by atoms with E-state index in [0.717, 1.165) is 37.1 Å². The predicted molar refractivity (Wildman–Crippen MR) is 79.3 cm³/mol. The van der Waals surface area contributed by atoms with E-state index in [1.165, 1.54) is 18.4 Å². The van der Waals surface area contributed by atoms with Gasteiger partial charge in [0, 0.05) is 18.6 Å². The second kappa shape index (κ2) is 6.02. The van der Waals surface area contributed by atoms with E-state index >= 15 is 0 Å². The highest BCUT2D eigenvalue weighted by Crippen LogP contribution is 2.35. The summed E-state index contributed by atoms with van der Waals surface area (Å²) in [5.74, 6) is 1.73. The van der Waals surface area contributed by atoms with Crippen molar-refractivity contribution in [2.24, 2.45) is 0 Å². The molecule has 110 valence electrons. The van der Waals surface area contributed by atoms with Crippen molar-refractivity contribution in [2.45, 2.75) is 38.3 Å². The van der Waals surface area contributed by atoms with E-state index in [1.807, 2.05) is 6.07 Å². The highest BCUT2D eigenvalue weighted by atomic mass is 16.7. The number of hydrogen-bond acceptors (Lipinski definition) is 4. The minimum Gasteiger partial charge on any atom is -0.454 e. The second-order valence-electron chi connectivity index (χ2n) is 5.79. The molecule has 2 aliphatic rings. The molecule has 20 heavy (non-hydrogen) atoms. The molecule has 0 amide bonds. The first-order chi connectivity index (χ1) is 9.78. The Bertz CT molecular complexity index is 460. The molecule has 1 atom stereocenters. The highest BCUT2D eigenvalue weighted by molar-refractivity contribution is 5.45. The van der Waals surface area contributed by atoms with Gasteiger partial charge in [0.2, 0.25) is 6.79 Å². The van der Waals surface area contributed by atoms with Gasteiger partial charge in [-0.2, -0.15) is 0 Å². The van der Waals surface area contributed by atoms with Crippen LogP contribution in [0.15, 0.2) is 18.2 Å². The quantitative estimate of drug-likeness (QED) is 0.830. The van der Waals surface area contributed by atoms with Gasteiger partial charge in [0.15, 0.2) is 11.5 Å². The van der Waals surface area contributed by atoms with Gasteiger partial charge in [-0.3, -0.25) is 0 Å². The zero-order chi connectivity index (χ0) is 13.9. The number of fused-ring (bicyclic) bond motifs is 1. The molecule has 1 aromatic rings. The van der Waals surface area contributed by atoms with Crippen LogP contribution in [0, 0.1) is 0 Å². The maximum atomic E-state index is 5.49. The standard InChI is InChI=1S/C16H24N2O2/c1-3-8-17-14(10-18(2)13-5-6-13)12-4-7-15-16(9-12)20-11-19-15/h4,7,9,13-14,17H,3,5-6,8,10-11H2,1-2H3. The molecule has 1 N–H and O–H groups in total. The monoisotopic (exact) mass is 276 g/mol. The number of nitrogens with zero attached hydrogens (tertiary/aromatic N) is 1. The van der Waals surface area contributed by atoms with Gasteiger partial charge in [-0.05, 0) is 50.6 Å². The summed E-state index contributed by atoms with van der Waals surface area (Å²) in [6.07, 6.45) is 3.84. The Morgan fingerprint density at radius 1 is 1.30 bits per heavy atom. The zero-order valence-electron chi connectivity index (χ0n) is 12.4. The van der Waals surface area contributed by atoms with Gasteiger partial charge in [-0.1, -0.05) is 13.0 Å². The molecule has 4 heteroatoms. The fourth-order valence-electron chi connectivity index (χ4n) is 2.69. The van der Waals surface area contributed by atoms with Gasteiger partial charge < -0.3 is 19.7 Å². The van der Waals surface area contributed by atoms with Crippen molar-refractivity contribution >= 4 is 0 Å². The predicted octanol–water partition coefficient (Wildman–Crippen LogP) is 2.55. The number of nitrogens with one attached hydrogen (secondary N) is 1. The van der Waals surface area contributed by atoms with Crippen molar-refractivity contribution in [1.29, 1.82) is 0 Å². The molecule has 1 aliphatic carbocycles. The van der Waals surface area contributed by atoms with Crippen molar-refractivity contribution in [2.75, 3.05) is 26.9 Å². The van der Waals surface area contributed by atoms with Crippen LogP contribution in [0.3, 0.4) is 0 Å². The fraction of sp³-hybridized carbons (Fsp3) is 0.625. The average molecular weight is 276 g/mol. The van der Waals surface area contributed by atoms with E-state index in [-0.39, 0.29) is 0 Å². The van der Waals surface area contributed by atoms with E-state index in [1.54, 1.807) is 0 Å². The molecule has 1 fully saturated rings. The molecule has 1 aliphatic heterocycles. The lowest BCUT2D eigenvalue weighted by Gasteiger charge is -2.25. The minimum atomic E-state index is 0.341. The van der Waals surface area contributed by atoms with Crippen LogP contribution in [0.5, 0.6) is 11.5 Å². The van der Waals surface area contributed by atoms with Crippen molar-refractivity contribution in [3.8, 4) is 11.5 Å². The number of ether oxygens (including phenoxy) is 2. The Morgan fingerprint density at radius 3 is 2.85 bits per heavy atom. The Labute approximate surface area is 121 Å². The summed E-state index contributed by atoms with van der Waals surface area (Å²) in [5, 5.41) is 3.65. The topological polar surface area (TPSA) is 33.7 Å². The number of benzene rings is 1. The summed E-state index contributed by atoms with van der Waals surface area (Å²) in [6, 6.07) is 7.44. The average Bonchev–Trinajstić information content (AvgIpc) is 3.21. The van der Waals surface area contributed by atoms with E-state index in [4.69, 9.17) is 9.47 Å². The van der Waals surface area contributed by atoms with E-state index in [2.05, 4.69) is 36.3 Å². The number of rotatable bonds is 7. The molecule has 0 spiro atoms. The van der Waals surface area contributed by atoms with Crippen LogP contribution in [-0.4, -0.2) is 37.9 Å². The number of likely N-dealkylation sites (N-methyl/N-ethyl adjacent to an activating group) is 1. The summed E-state index contributed by atoms with van der Waals surface area (Å²) in [5.41, 5.74) is 1.29. The van der Waals surface area contributed by atoms with Crippen LogP contribution in [0.2, 0.25) is 0 Å². The lowest BCUT2D eigenvalue weighted by Crippen LogP contribution is -2.34. The van der Waals surface area contributed by atoms with Gasteiger partial charge in [0.05, 0.1) is 0 Å².